The first-order chi connectivity index (χ1) is 13.7. The molecule has 0 radical (unpaired) electrons. The van der Waals surface area contributed by atoms with Crippen LogP contribution in [0.5, 0.6) is 0 Å². The van der Waals surface area contributed by atoms with Crippen molar-refractivity contribution < 1.29 is 9.47 Å². The van der Waals surface area contributed by atoms with E-state index in [4.69, 9.17) is 20.9 Å². The monoisotopic (exact) mass is 380 g/mol. The number of nitrogens with two attached hydrogens (primary N) is 2. The Balaban J connectivity index is 1.06. The lowest BCUT2D eigenvalue weighted by Crippen LogP contribution is -2.25. The molecule has 0 heterocycles. The highest BCUT2D eigenvalue weighted by Gasteiger charge is 2.30. The van der Waals surface area contributed by atoms with Gasteiger partial charge in [-0.3, -0.25) is 0 Å². The van der Waals surface area contributed by atoms with Crippen LogP contribution in [0.15, 0.2) is 48.5 Å². The van der Waals surface area contributed by atoms with Gasteiger partial charge in [0.05, 0.1) is 24.3 Å². The third-order valence-electron chi connectivity index (χ3n) is 6.17. The molecule has 0 saturated carbocycles. The molecule has 2 aromatic carbocycles. The predicted molar refractivity (Wildman–Crippen MR) is 112 cm³/mol. The number of fused-ring (bicyclic) bond motifs is 2. The molecule has 4 rings (SSSR count). The molecule has 0 aromatic heterocycles. The van der Waals surface area contributed by atoms with Crippen LogP contribution in [-0.2, 0) is 22.3 Å². The molecular weight excluding hydrogens is 348 g/mol. The molecule has 4 nitrogen and oxygen atoms in total. The summed E-state index contributed by atoms with van der Waals surface area (Å²) in [5.41, 5.74) is 17.8. The van der Waals surface area contributed by atoms with E-state index in [0.717, 1.165) is 51.7 Å². The van der Waals surface area contributed by atoms with Crippen molar-refractivity contribution in [3.05, 3.63) is 70.8 Å². The van der Waals surface area contributed by atoms with Gasteiger partial charge >= 0.3 is 0 Å². The zero-order valence-corrected chi connectivity index (χ0v) is 16.6. The average molecular weight is 381 g/mol. The van der Waals surface area contributed by atoms with Gasteiger partial charge in [0.1, 0.15) is 0 Å². The number of hydrogen-bond donors (Lipinski definition) is 2. The maximum atomic E-state index is 6.32. The average Bonchev–Trinajstić information content (AvgIpc) is 3.21. The Morgan fingerprint density at radius 1 is 0.643 bits per heavy atom. The Morgan fingerprint density at radius 3 is 1.50 bits per heavy atom. The molecule has 4 N–H and O–H groups in total. The number of rotatable bonds is 9. The molecule has 2 aliphatic carbocycles. The van der Waals surface area contributed by atoms with Gasteiger partial charge in [0.2, 0.25) is 0 Å². The lowest BCUT2D eigenvalue weighted by Gasteiger charge is -2.18. The van der Waals surface area contributed by atoms with Crippen molar-refractivity contribution in [2.75, 3.05) is 13.2 Å². The van der Waals surface area contributed by atoms with Crippen LogP contribution in [0, 0.1) is 0 Å². The van der Waals surface area contributed by atoms with Crippen molar-refractivity contribution in [3.8, 4) is 0 Å². The van der Waals surface area contributed by atoms with Crippen LogP contribution in [0.1, 0.15) is 60.0 Å². The fourth-order valence-electron chi connectivity index (χ4n) is 4.53. The normalized spacial score (nSPS) is 25.6. The van der Waals surface area contributed by atoms with Gasteiger partial charge in [0, 0.05) is 26.1 Å². The third-order valence-corrected chi connectivity index (χ3v) is 6.17. The number of hydrogen-bond acceptors (Lipinski definition) is 4. The minimum Gasteiger partial charge on any atom is -0.376 e. The highest BCUT2D eigenvalue weighted by Crippen LogP contribution is 2.32. The Bertz CT molecular complexity index is 713. The highest BCUT2D eigenvalue weighted by molar-refractivity contribution is 5.36. The molecule has 2 aromatic rings. The Morgan fingerprint density at radius 2 is 1.07 bits per heavy atom. The summed E-state index contributed by atoms with van der Waals surface area (Å²) in [7, 11) is 0. The number of benzene rings is 2. The van der Waals surface area contributed by atoms with E-state index in [0.29, 0.717) is 0 Å². The Hall–Kier alpha value is -1.72. The minimum absolute atomic E-state index is 0.0179. The van der Waals surface area contributed by atoms with Crippen molar-refractivity contribution in [2.45, 2.75) is 62.8 Å². The summed E-state index contributed by atoms with van der Waals surface area (Å²) < 4.78 is 12.1. The van der Waals surface area contributed by atoms with E-state index >= 15 is 0 Å². The lowest BCUT2D eigenvalue weighted by molar-refractivity contribution is 0.0354. The molecule has 2 aliphatic rings. The van der Waals surface area contributed by atoms with Gasteiger partial charge in [-0.05, 0) is 35.1 Å². The van der Waals surface area contributed by atoms with Crippen molar-refractivity contribution >= 4 is 0 Å². The van der Waals surface area contributed by atoms with Gasteiger partial charge in [-0.25, -0.2) is 0 Å². The van der Waals surface area contributed by atoms with Crippen molar-refractivity contribution in [1.29, 1.82) is 0 Å². The van der Waals surface area contributed by atoms with Crippen molar-refractivity contribution in [1.82, 2.24) is 0 Å². The molecule has 0 bridgehead atoms. The van der Waals surface area contributed by atoms with Crippen molar-refractivity contribution in [3.63, 3.8) is 0 Å². The second-order valence-corrected chi connectivity index (χ2v) is 8.09. The van der Waals surface area contributed by atoms with Gasteiger partial charge in [0.15, 0.2) is 0 Å². The molecule has 0 fully saturated rings. The predicted octanol–water partition coefficient (Wildman–Crippen LogP) is 3.83. The molecule has 4 atom stereocenters. The second kappa shape index (κ2) is 9.19. The summed E-state index contributed by atoms with van der Waals surface area (Å²) in [6.45, 7) is 1.58. The summed E-state index contributed by atoms with van der Waals surface area (Å²) in [6, 6.07) is 16.9. The zero-order chi connectivity index (χ0) is 19.3. The first kappa shape index (κ1) is 19.6. The first-order valence-electron chi connectivity index (χ1n) is 10.6. The Labute approximate surface area is 168 Å². The quantitative estimate of drug-likeness (QED) is 0.649. The van der Waals surface area contributed by atoms with E-state index in [1.165, 1.54) is 22.3 Å². The summed E-state index contributed by atoms with van der Waals surface area (Å²) in [6.07, 6.45) is 6.62. The van der Waals surface area contributed by atoms with Crippen LogP contribution in [-0.4, -0.2) is 25.4 Å². The summed E-state index contributed by atoms with van der Waals surface area (Å²) in [4.78, 5) is 0. The fourth-order valence-corrected chi connectivity index (χ4v) is 4.53. The van der Waals surface area contributed by atoms with Gasteiger partial charge < -0.3 is 20.9 Å². The molecule has 150 valence electrons. The lowest BCUT2D eigenvalue weighted by atomic mass is 10.1. The number of ether oxygens (including phenoxy) is 2. The van der Waals surface area contributed by atoms with Crippen LogP contribution in [0.2, 0.25) is 0 Å². The second-order valence-electron chi connectivity index (χ2n) is 8.09. The van der Waals surface area contributed by atoms with Crippen molar-refractivity contribution in [2.24, 2.45) is 11.5 Å². The van der Waals surface area contributed by atoms with E-state index < -0.39 is 0 Å². The SMILES string of the molecule is N[C@H]1c2ccccc2C[C@H]1OCCCCCCO[C@@H]1Cc2ccccc2[C@@H]1N. The van der Waals surface area contributed by atoms with Gasteiger partial charge in [-0.15, -0.1) is 0 Å². The molecule has 28 heavy (non-hydrogen) atoms. The summed E-state index contributed by atoms with van der Waals surface area (Å²) in [5.74, 6) is 0. The first-order valence-corrected chi connectivity index (χ1v) is 10.6. The molecule has 0 saturated heterocycles. The van der Waals surface area contributed by atoms with Crippen LogP contribution in [0.3, 0.4) is 0 Å². The topological polar surface area (TPSA) is 70.5 Å². The Kier molecular flexibility index (Phi) is 6.43. The van der Waals surface area contributed by atoms with E-state index in [1.807, 2.05) is 0 Å². The standard InChI is InChI=1S/C24H32N2O2/c25-23-19-11-5-3-9-17(19)15-21(23)27-13-7-1-2-8-14-28-22-16-18-10-4-6-12-20(18)24(22)26/h3-6,9-12,21-24H,1-2,7-8,13-16,25-26H2/t21-,22-,23+,24+/m1/s1. The van der Waals surface area contributed by atoms with E-state index in [2.05, 4.69) is 48.5 Å². The van der Waals surface area contributed by atoms with E-state index in [1.54, 1.807) is 0 Å². The van der Waals surface area contributed by atoms with Gasteiger partial charge in [-0.2, -0.15) is 0 Å². The van der Waals surface area contributed by atoms with Crippen LogP contribution >= 0.6 is 0 Å². The molecule has 0 unspecified atom stereocenters. The molecule has 0 amide bonds. The number of unbranched alkanes of at least 4 members (excludes halogenated alkanes) is 3. The van der Waals surface area contributed by atoms with Crippen LogP contribution < -0.4 is 11.5 Å². The zero-order valence-electron chi connectivity index (χ0n) is 16.6. The maximum absolute atomic E-state index is 6.32. The van der Waals surface area contributed by atoms with Gasteiger partial charge in [0.25, 0.3) is 0 Å². The van der Waals surface area contributed by atoms with Crippen LogP contribution in [0.4, 0.5) is 0 Å². The largest absolute Gasteiger partial charge is 0.376 e. The minimum atomic E-state index is 0.0179. The molecule has 0 aliphatic heterocycles. The molecular formula is C24H32N2O2. The van der Waals surface area contributed by atoms with E-state index in [9.17, 15) is 0 Å². The maximum Gasteiger partial charge on any atom is 0.0808 e. The fraction of sp³-hybridized carbons (Fsp3) is 0.500. The smallest absolute Gasteiger partial charge is 0.0808 e. The molecule has 0 spiro atoms. The summed E-state index contributed by atoms with van der Waals surface area (Å²) >= 11 is 0. The molecule has 4 heteroatoms. The third kappa shape index (κ3) is 4.31. The summed E-state index contributed by atoms with van der Waals surface area (Å²) in [5, 5.41) is 0. The van der Waals surface area contributed by atoms with Gasteiger partial charge in [-0.1, -0.05) is 61.4 Å². The van der Waals surface area contributed by atoms with Crippen LogP contribution in [0.25, 0.3) is 0 Å². The highest BCUT2D eigenvalue weighted by atomic mass is 16.5. The van der Waals surface area contributed by atoms with E-state index in [-0.39, 0.29) is 24.3 Å².